The molecule has 0 bridgehead atoms. The lowest BCUT2D eigenvalue weighted by atomic mass is 10.1. The third kappa shape index (κ3) is 2.85. The fourth-order valence-corrected chi connectivity index (χ4v) is 2.11. The quantitative estimate of drug-likeness (QED) is 0.935. The van der Waals surface area contributed by atoms with E-state index >= 15 is 0 Å². The number of anilines is 1. The van der Waals surface area contributed by atoms with Crippen molar-refractivity contribution < 1.29 is 4.39 Å². The highest BCUT2D eigenvalue weighted by Crippen LogP contribution is 2.27. The van der Waals surface area contributed by atoms with E-state index in [0.29, 0.717) is 5.69 Å². The Bertz CT molecular complexity index is 560. The highest BCUT2D eigenvalue weighted by Gasteiger charge is 2.12. The van der Waals surface area contributed by atoms with Crippen LogP contribution in [0.2, 0.25) is 0 Å². The SMILES string of the molecule is Cc1nccnc1C(C)Nc1cc(F)ccc1Br. The summed E-state index contributed by atoms with van der Waals surface area (Å²) in [5.41, 5.74) is 2.42. The van der Waals surface area contributed by atoms with Crippen LogP contribution in [0.5, 0.6) is 0 Å². The summed E-state index contributed by atoms with van der Waals surface area (Å²) in [7, 11) is 0. The van der Waals surface area contributed by atoms with Crippen LogP contribution in [0, 0.1) is 12.7 Å². The Balaban J connectivity index is 2.24. The molecule has 0 amide bonds. The van der Waals surface area contributed by atoms with Crippen molar-refractivity contribution in [3.8, 4) is 0 Å². The molecule has 1 aromatic heterocycles. The number of benzene rings is 1. The molecule has 0 fully saturated rings. The molecule has 0 aliphatic rings. The average molecular weight is 310 g/mol. The molecule has 0 radical (unpaired) electrons. The van der Waals surface area contributed by atoms with Gasteiger partial charge in [0.25, 0.3) is 0 Å². The third-order valence-electron chi connectivity index (χ3n) is 2.63. The standard InChI is InChI=1S/C13H13BrFN3/c1-8-13(17-6-5-16-8)9(2)18-12-7-10(15)3-4-11(12)14/h3-7,9,18H,1-2H3. The smallest absolute Gasteiger partial charge is 0.125 e. The molecule has 0 aliphatic heterocycles. The van der Waals surface area contributed by atoms with Crippen LogP contribution < -0.4 is 5.32 Å². The molecule has 0 saturated heterocycles. The molecule has 0 aliphatic carbocycles. The second-order valence-electron chi connectivity index (χ2n) is 4.02. The van der Waals surface area contributed by atoms with Crippen molar-refractivity contribution in [3.05, 3.63) is 52.3 Å². The van der Waals surface area contributed by atoms with Crippen LogP contribution in [0.15, 0.2) is 35.1 Å². The fraction of sp³-hybridized carbons (Fsp3) is 0.231. The van der Waals surface area contributed by atoms with Crippen LogP contribution in [0.3, 0.4) is 0 Å². The van der Waals surface area contributed by atoms with Crippen molar-refractivity contribution in [1.29, 1.82) is 0 Å². The van der Waals surface area contributed by atoms with Gasteiger partial charge in [-0.1, -0.05) is 0 Å². The first-order valence-electron chi connectivity index (χ1n) is 5.57. The molecule has 0 spiro atoms. The molecule has 2 rings (SSSR count). The Labute approximate surface area is 114 Å². The van der Waals surface area contributed by atoms with E-state index in [1.807, 2.05) is 13.8 Å². The minimum absolute atomic E-state index is 0.0446. The summed E-state index contributed by atoms with van der Waals surface area (Å²) >= 11 is 3.38. The van der Waals surface area contributed by atoms with Gasteiger partial charge in [0.2, 0.25) is 0 Å². The lowest BCUT2D eigenvalue weighted by Gasteiger charge is -2.17. The molecule has 0 saturated carbocycles. The molecule has 3 nitrogen and oxygen atoms in total. The van der Waals surface area contributed by atoms with Crippen LogP contribution >= 0.6 is 15.9 Å². The first-order valence-corrected chi connectivity index (χ1v) is 6.36. The van der Waals surface area contributed by atoms with E-state index in [2.05, 4.69) is 31.2 Å². The number of halogens is 2. The van der Waals surface area contributed by atoms with E-state index in [0.717, 1.165) is 15.9 Å². The van der Waals surface area contributed by atoms with Gasteiger partial charge in [-0.25, -0.2) is 4.39 Å². The summed E-state index contributed by atoms with van der Waals surface area (Å²) < 4.78 is 14.0. The minimum Gasteiger partial charge on any atom is -0.376 e. The molecule has 18 heavy (non-hydrogen) atoms. The lowest BCUT2D eigenvalue weighted by molar-refractivity contribution is 0.627. The highest BCUT2D eigenvalue weighted by atomic mass is 79.9. The van der Waals surface area contributed by atoms with Gasteiger partial charge in [0, 0.05) is 16.9 Å². The number of aromatic nitrogens is 2. The lowest BCUT2D eigenvalue weighted by Crippen LogP contribution is -2.11. The van der Waals surface area contributed by atoms with E-state index in [-0.39, 0.29) is 11.9 Å². The molecule has 1 atom stereocenters. The van der Waals surface area contributed by atoms with Gasteiger partial charge in [-0.15, -0.1) is 0 Å². The van der Waals surface area contributed by atoms with Gasteiger partial charge < -0.3 is 5.32 Å². The molecule has 94 valence electrons. The van der Waals surface area contributed by atoms with Crippen molar-refractivity contribution in [2.24, 2.45) is 0 Å². The summed E-state index contributed by atoms with van der Waals surface area (Å²) in [6.45, 7) is 3.87. The molecular formula is C13H13BrFN3. The van der Waals surface area contributed by atoms with E-state index < -0.39 is 0 Å². The van der Waals surface area contributed by atoms with Crippen LogP contribution in [0.1, 0.15) is 24.4 Å². The van der Waals surface area contributed by atoms with Gasteiger partial charge in [-0.05, 0) is 48.0 Å². The van der Waals surface area contributed by atoms with Crippen LogP contribution in [0.4, 0.5) is 10.1 Å². The minimum atomic E-state index is -0.274. The van der Waals surface area contributed by atoms with Crippen LogP contribution in [0.25, 0.3) is 0 Å². The highest BCUT2D eigenvalue weighted by molar-refractivity contribution is 9.10. The zero-order chi connectivity index (χ0) is 13.1. The second-order valence-corrected chi connectivity index (χ2v) is 4.87. The fourth-order valence-electron chi connectivity index (χ4n) is 1.75. The summed E-state index contributed by atoms with van der Waals surface area (Å²) in [4.78, 5) is 8.49. The molecule has 1 unspecified atom stereocenters. The number of rotatable bonds is 3. The van der Waals surface area contributed by atoms with Crippen molar-refractivity contribution in [2.45, 2.75) is 19.9 Å². The topological polar surface area (TPSA) is 37.8 Å². The van der Waals surface area contributed by atoms with Crippen molar-refractivity contribution in [2.75, 3.05) is 5.32 Å². The molecular weight excluding hydrogens is 297 g/mol. The Morgan fingerprint density at radius 3 is 2.72 bits per heavy atom. The van der Waals surface area contributed by atoms with Gasteiger partial charge in [0.15, 0.2) is 0 Å². The van der Waals surface area contributed by atoms with Crippen LogP contribution in [-0.2, 0) is 0 Å². The molecule has 1 N–H and O–H groups in total. The van der Waals surface area contributed by atoms with Gasteiger partial charge in [0.1, 0.15) is 5.82 Å². The summed E-state index contributed by atoms with van der Waals surface area (Å²) in [6.07, 6.45) is 3.31. The van der Waals surface area contributed by atoms with Gasteiger partial charge in [-0.3, -0.25) is 9.97 Å². The maximum absolute atomic E-state index is 13.2. The zero-order valence-corrected chi connectivity index (χ0v) is 11.7. The van der Waals surface area contributed by atoms with E-state index in [4.69, 9.17) is 0 Å². The van der Waals surface area contributed by atoms with Crippen molar-refractivity contribution in [1.82, 2.24) is 9.97 Å². The summed E-state index contributed by atoms with van der Waals surface area (Å²) in [5.74, 6) is -0.274. The molecule has 1 aromatic carbocycles. The molecule has 2 aromatic rings. The first kappa shape index (κ1) is 13.0. The predicted molar refractivity (Wildman–Crippen MR) is 72.9 cm³/mol. The zero-order valence-electron chi connectivity index (χ0n) is 10.1. The number of aryl methyl sites for hydroxylation is 1. The largest absolute Gasteiger partial charge is 0.376 e. The van der Waals surface area contributed by atoms with Crippen molar-refractivity contribution >= 4 is 21.6 Å². The van der Waals surface area contributed by atoms with Gasteiger partial charge in [0.05, 0.1) is 23.1 Å². The molecule has 5 heteroatoms. The van der Waals surface area contributed by atoms with Gasteiger partial charge in [-0.2, -0.15) is 0 Å². The number of hydrogen-bond donors (Lipinski definition) is 1. The number of nitrogens with zero attached hydrogens (tertiary/aromatic N) is 2. The van der Waals surface area contributed by atoms with Crippen molar-refractivity contribution in [3.63, 3.8) is 0 Å². The average Bonchev–Trinajstić information content (AvgIpc) is 2.34. The maximum atomic E-state index is 13.2. The summed E-state index contributed by atoms with van der Waals surface area (Å²) in [5, 5.41) is 3.22. The van der Waals surface area contributed by atoms with Crippen LogP contribution in [-0.4, -0.2) is 9.97 Å². The normalized spacial score (nSPS) is 12.2. The number of hydrogen-bond acceptors (Lipinski definition) is 3. The molecule has 1 heterocycles. The van der Waals surface area contributed by atoms with E-state index in [1.165, 1.54) is 12.1 Å². The Morgan fingerprint density at radius 1 is 1.28 bits per heavy atom. The predicted octanol–water partition coefficient (Wildman–Crippen LogP) is 3.86. The Hall–Kier alpha value is -1.49. The monoisotopic (exact) mass is 309 g/mol. The summed E-state index contributed by atoms with van der Waals surface area (Å²) in [6, 6.07) is 4.49. The van der Waals surface area contributed by atoms with E-state index in [1.54, 1.807) is 18.5 Å². The third-order valence-corrected chi connectivity index (χ3v) is 3.32. The van der Waals surface area contributed by atoms with Gasteiger partial charge >= 0.3 is 0 Å². The Kier molecular flexibility index (Phi) is 3.91. The Morgan fingerprint density at radius 2 is 2.00 bits per heavy atom. The number of nitrogens with one attached hydrogen (secondary N) is 1. The first-order chi connectivity index (χ1) is 8.58. The van der Waals surface area contributed by atoms with E-state index in [9.17, 15) is 4.39 Å². The maximum Gasteiger partial charge on any atom is 0.125 e. The second kappa shape index (κ2) is 5.44.